The van der Waals surface area contributed by atoms with Crippen molar-refractivity contribution in [1.82, 2.24) is 4.90 Å². The molecule has 1 amide bonds. The van der Waals surface area contributed by atoms with Crippen molar-refractivity contribution in [3.05, 3.63) is 72.8 Å². The highest BCUT2D eigenvalue weighted by Gasteiger charge is 2.50. The molecule has 0 N–H and O–H groups in total. The Morgan fingerprint density at radius 1 is 0.951 bits per heavy atom. The molecule has 0 spiro atoms. The lowest BCUT2D eigenvalue weighted by Crippen LogP contribution is -2.66. The van der Waals surface area contributed by atoms with Gasteiger partial charge >= 0.3 is 6.09 Å². The highest BCUT2D eigenvalue weighted by Crippen LogP contribution is 2.37. The van der Waals surface area contributed by atoms with E-state index < -0.39 is 8.32 Å². The van der Waals surface area contributed by atoms with Gasteiger partial charge in [-0.3, -0.25) is 4.90 Å². The van der Waals surface area contributed by atoms with Crippen molar-refractivity contribution in [3.63, 3.8) is 0 Å². The van der Waals surface area contributed by atoms with Gasteiger partial charge in [0.25, 0.3) is 8.32 Å². The summed E-state index contributed by atoms with van der Waals surface area (Å²) in [4.78, 5) is 14.8. The molecule has 226 valence electrons. The van der Waals surface area contributed by atoms with Gasteiger partial charge in [0.15, 0.2) is 0 Å². The van der Waals surface area contributed by atoms with Crippen LogP contribution in [0.1, 0.15) is 66.2 Å². The summed E-state index contributed by atoms with van der Waals surface area (Å²) in [6.45, 7) is 10.8. The summed E-state index contributed by atoms with van der Waals surface area (Å²) in [6.07, 6.45) is 9.80. The Bertz CT molecular complexity index is 1020. The summed E-state index contributed by atoms with van der Waals surface area (Å²) in [5, 5.41) is 2.57. The second-order valence-electron chi connectivity index (χ2n) is 12.1. The Balaban J connectivity index is 1.66. The van der Waals surface area contributed by atoms with E-state index in [2.05, 4.69) is 101 Å². The molecule has 0 radical (unpaired) electrons. The van der Waals surface area contributed by atoms with Crippen LogP contribution in [0.5, 0.6) is 0 Å². The molecular formula is C34H51NO5Si. The van der Waals surface area contributed by atoms with Gasteiger partial charge in [-0.2, -0.15) is 0 Å². The minimum Gasteiger partial charge on any atom is -0.453 e. The van der Waals surface area contributed by atoms with Gasteiger partial charge in [-0.1, -0.05) is 101 Å². The van der Waals surface area contributed by atoms with Crippen molar-refractivity contribution < 1.29 is 23.4 Å². The number of allylic oxidation sites excluding steroid dienone is 1. The first-order chi connectivity index (χ1) is 19.8. The minimum absolute atomic E-state index is 0.0328. The molecule has 1 aliphatic rings. The Hall–Kier alpha value is -2.45. The molecule has 1 fully saturated rings. The van der Waals surface area contributed by atoms with Crippen LogP contribution in [0.3, 0.4) is 0 Å². The van der Waals surface area contributed by atoms with E-state index in [9.17, 15) is 4.79 Å². The SMILES string of the molecule is COCOCCC[C@@H]1[C@@H](C)CC[C@H](/C=C/CCCO[Si](c2ccccc2)(c2ccccc2)C(C)(C)C)N1C(=O)OC. The number of rotatable bonds is 14. The lowest BCUT2D eigenvalue weighted by molar-refractivity contribution is -0.0347. The number of piperidine rings is 1. The van der Waals surface area contributed by atoms with Crippen LogP contribution in [0.25, 0.3) is 0 Å². The maximum Gasteiger partial charge on any atom is 0.410 e. The van der Waals surface area contributed by atoms with Gasteiger partial charge in [-0.15, -0.1) is 0 Å². The number of ether oxygens (including phenoxy) is 3. The fourth-order valence-electron chi connectivity index (χ4n) is 6.25. The number of carbonyl (C=O) groups excluding carboxylic acids is 1. The number of hydrogen-bond acceptors (Lipinski definition) is 5. The van der Waals surface area contributed by atoms with E-state index in [1.54, 1.807) is 7.11 Å². The Morgan fingerprint density at radius 2 is 1.59 bits per heavy atom. The smallest absolute Gasteiger partial charge is 0.410 e. The van der Waals surface area contributed by atoms with E-state index in [4.69, 9.17) is 18.6 Å². The van der Waals surface area contributed by atoms with Gasteiger partial charge in [-0.25, -0.2) is 4.79 Å². The van der Waals surface area contributed by atoms with Crippen molar-refractivity contribution in [2.75, 3.05) is 34.2 Å². The quantitative estimate of drug-likeness (QED) is 0.110. The third-order valence-corrected chi connectivity index (χ3v) is 13.3. The van der Waals surface area contributed by atoms with E-state index in [0.29, 0.717) is 25.9 Å². The van der Waals surface area contributed by atoms with Crippen molar-refractivity contribution >= 4 is 24.8 Å². The molecule has 41 heavy (non-hydrogen) atoms. The molecule has 0 aromatic heterocycles. The summed E-state index contributed by atoms with van der Waals surface area (Å²) in [5.41, 5.74) is 0. The zero-order chi connectivity index (χ0) is 29.7. The van der Waals surface area contributed by atoms with Gasteiger partial charge < -0.3 is 18.6 Å². The van der Waals surface area contributed by atoms with Crippen molar-refractivity contribution in [3.8, 4) is 0 Å². The largest absolute Gasteiger partial charge is 0.453 e. The van der Waals surface area contributed by atoms with Crippen molar-refractivity contribution in [2.24, 2.45) is 5.92 Å². The Kier molecular flexibility index (Phi) is 13.1. The van der Waals surface area contributed by atoms with E-state index in [1.165, 1.54) is 17.5 Å². The lowest BCUT2D eigenvalue weighted by atomic mass is 9.84. The maximum absolute atomic E-state index is 12.9. The van der Waals surface area contributed by atoms with Crippen LogP contribution in [-0.4, -0.2) is 65.6 Å². The van der Waals surface area contributed by atoms with Crippen LogP contribution in [0.2, 0.25) is 5.04 Å². The molecule has 0 aliphatic carbocycles. The fraction of sp³-hybridized carbons (Fsp3) is 0.559. The average molecular weight is 582 g/mol. The van der Waals surface area contributed by atoms with Gasteiger partial charge in [0.05, 0.1) is 13.2 Å². The molecule has 3 rings (SSSR count). The monoisotopic (exact) mass is 581 g/mol. The van der Waals surface area contributed by atoms with E-state index in [1.807, 2.05) is 4.90 Å². The third kappa shape index (κ3) is 8.54. The summed E-state index contributed by atoms with van der Waals surface area (Å²) in [7, 11) is 0.579. The van der Waals surface area contributed by atoms with Gasteiger partial charge in [-0.05, 0) is 59.9 Å². The van der Waals surface area contributed by atoms with Crippen LogP contribution in [0.4, 0.5) is 4.79 Å². The van der Waals surface area contributed by atoms with Crippen LogP contribution in [-0.2, 0) is 18.6 Å². The Morgan fingerprint density at radius 3 is 2.15 bits per heavy atom. The molecule has 2 aromatic rings. The topological polar surface area (TPSA) is 57.2 Å². The summed E-state index contributed by atoms with van der Waals surface area (Å²) >= 11 is 0. The summed E-state index contributed by atoms with van der Waals surface area (Å²) < 4.78 is 22.7. The van der Waals surface area contributed by atoms with Crippen molar-refractivity contribution in [1.29, 1.82) is 0 Å². The van der Waals surface area contributed by atoms with Gasteiger partial charge in [0.1, 0.15) is 6.79 Å². The van der Waals surface area contributed by atoms with Crippen molar-refractivity contribution in [2.45, 2.75) is 83.3 Å². The predicted octanol–water partition coefficient (Wildman–Crippen LogP) is 6.54. The highest BCUT2D eigenvalue weighted by atomic mass is 28.4. The summed E-state index contributed by atoms with van der Waals surface area (Å²) in [5.74, 6) is 0.418. The number of benzene rings is 2. The number of likely N-dealkylation sites (tertiary alicyclic amines) is 1. The van der Waals surface area contributed by atoms with Crippen LogP contribution in [0.15, 0.2) is 72.8 Å². The van der Waals surface area contributed by atoms with E-state index >= 15 is 0 Å². The van der Waals surface area contributed by atoms with E-state index in [-0.39, 0.29) is 23.2 Å². The molecule has 3 atom stereocenters. The number of carbonyl (C=O) groups is 1. The number of amides is 1. The normalized spacial score (nSPS) is 20.0. The predicted molar refractivity (Wildman–Crippen MR) is 169 cm³/mol. The first-order valence-electron chi connectivity index (χ1n) is 15.1. The lowest BCUT2D eigenvalue weighted by Gasteiger charge is -2.44. The molecule has 0 unspecified atom stereocenters. The average Bonchev–Trinajstić information content (AvgIpc) is 2.97. The first-order valence-corrected chi connectivity index (χ1v) is 17.0. The second kappa shape index (κ2) is 16.3. The number of hydrogen-bond donors (Lipinski definition) is 0. The molecule has 1 aliphatic heterocycles. The Labute approximate surface area is 249 Å². The van der Waals surface area contributed by atoms with Gasteiger partial charge in [0.2, 0.25) is 0 Å². The second-order valence-corrected chi connectivity index (χ2v) is 16.4. The van der Waals surface area contributed by atoms with Gasteiger partial charge in [0, 0.05) is 26.4 Å². The number of methoxy groups -OCH3 is 2. The maximum atomic E-state index is 12.9. The number of unbranched alkanes of at least 4 members (excludes halogenated alkanes) is 1. The zero-order valence-electron chi connectivity index (χ0n) is 26.0. The zero-order valence-corrected chi connectivity index (χ0v) is 27.0. The summed E-state index contributed by atoms with van der Waals surface area (Å²) in [6, 6.07) is 21.7. The molecule has 0 bridgehead atoms. The first kappa shape index (κ1) is 33.1. The van der Waals surface area contributed by atoms with Crippen LogP contribution < -0.4 is 10.4 Å². The van der Waals surface area contributed by atoms with Crippen LogP contribution in [0, 0.1) is 5.92 Å². The molecule has 2 aromatic carbocycles. The highest BCUT2D eigenvalue weighted by molar-refractivity contribution is 6.99. The molecule has 0 saturated carbocycles. The van der Waals surface area contributed by atoms with E-state index in [0.717, 1.165) is 38.5 Å². The third-order valence-electron chi connectivity index (χ3n) is 8.27. The molecule has 6 nitrogen and oxygen atoms in total. The van der Waals surface area contributed by atoms with Crippen LogP contribution >= 0.6 is 0 Å². The molecule has 1 saturated heterocycles. The molecular weight excluding hydrogens is 530 g/mol. The standard InChI is InChI=1S/C34H51NO5Si/c1-28-23-24-29(35(33(36)38-6)32(28)22-16-25-39-27-37-5)17-10-9-15-26-40-41(34(2,3)4,30-18-11-7-12-19-30)31-20-13-8-14-21-31/h7-8,10-14,17-21,28-29,32H,9,15-16,22-27H2,1-6H3/b17-10+/t28-,29-,32+/m0/s1. The molecule has 7 heteroatoms. The molecule has 1 heterocycles. The fourth-order valence-corrected chi connectivity index (χ4v) is 10.9. The number of nitrogens with zero attached hydrogens (tertiary/aromatic N) is 1. The minimum atomic E-state index is -2.52.